The second-order valence-electron chi connectivity index (χ2n) is 4.49. The number of aromatic nitrogens is 6. The largest absolute Gasteiger partial charge is 0.463 e. The third-order valence-electron chi connectivity index (χ3n) is 2.67. The van der Waals surface area contributed by atoms with E-state index in [0.29, 0.717) is 24.4 Å². The van der Waals surface area contributed by atoms with Crippen molar-refractivity contribution in [2.24, 2.45) is 0 Å². The summed E-state index contributed by atoms with van der Waals surface area (Å²) in [6.07, 6.45) is 3.51. The molecule has 0 saturated carbocycles. The number of ether oxygens (including phenoxy) is 1. The van der Waals surface area contributed by atoms with E-state index in [2.05, 4.69) is 37.5 Å². The third-order valence-corrected chi connectivity index (χ3v) is 2.67. The zero-order chi connectivity index (χ0) is 15.1. The van der Waals surface area contributed by atoms with E-state index in [4.69, 9.17) is 4.74 Å². The highest BCUT2D eigenvalue weighted by atomic mass is 16.5. The summed E-state index contributed by atoms with van der Waals surface area (Å²) in [7, 11) is 0. The maximum atomic E-state index is 5.53. The van der Waals surface area contributed by atoms with E-state index in [0.717, 1.165) is 31.6 Å². The Labute approximate surface area is 124 Å². The number of aryl methyl sites for hydroxylation is 1. The third kappa shape index (κ3) is 3.87. The van der Waals surface area contributed by atoms with E-state index in [1.807, 2.05) is 13.8 Å². The summed E-state index contributed by atoms with van der Waals surface area (Å²) >= 11 is 0. The van der Waals surface area contributed by atoms with Gasteiger partial charge in [0.1, 0.15) is 5.69 Å². The van der Waals surface area contributed by atoms with Crippen molar-refractivity contribution in [3.8, 4) is 17.5 Å². The summed E-state index contributed by atoms with van der Waals surface area (Å²) in [5.74, 6) is 1.02. The Morgan fingerprint density at radius 1 is 1.14 bits per heavy atom. The standard InChI is InChI=1S/C13H21N7O/c1-4-7-20-10(9-15-19-20)11-16-12(14-6-3)18-13(17-11)21-8-5-2/h9H,4-8H2,1-3H3,(H,14,16,17,18). The van der Waals surface area contributed by atoms with Gasteiger partial charge in [-0.05, 0) is 19.8 Å². The molecule has 114 valence electrons. The molecule has 0 aromatic carbocycles. The minimum Gasteiger partial charge on any atom is -0.463 e. The van der Waals surface area contributed by atoms with E-state index in [1.165, 1.54) is 0 Å². The smallest absolute Gasteiger partial charge is 0.321 e. The average Bonchev–Trinajstić information content (AvgIpc) is 2.94. The first-order valence-corrected chi connectivity index (χ1v) is 7.30. The monoisotopic (exact) mass is 291 g/mol. The van der Waals surface area contributed by atoms with Crippen LogP contribution in [0.2, 0.25) is 0 Å². The predicted octanol–water partition coefficient (Wildman–Crippen LogP) is 1.76. The fourth-order valence-electron chi connectivity index (χ4n) is 1.77. The van der Waals surface area contributed by atoms with E-state index in [-0.39, 0.29) is 0 Å². The van der Waals surface area contributed by atoms with Crippen molar-refractivity contribution in [3.63, 3.8) is 0 Å². The van der Waals surface area contributed by atoms with Crippen molar-refractivity contribution < 1.29 is 4.74 Å². The number of hydrogen-bond acceptors (Lipinski definition) is 7. The maximum Gasteiger partial charge on any atom is 0.321 e. The van der Waals surface area contributed by atoms with E-state index in [9.17, 15) is 0 Å². The molecule has 0 unspecified atom stereocenters. The molecule has 8 heteroatoms. The molecule has 2 aromatic heterocycles. The first-order chi connectivity index (χ1) is 10.3. The lowest BCUT2D eigenvalue weighted by Crippen LogP contribution is -2.10. The van der Waals surface area contributed by atoms with E-state index < -0.39 is 0 Å². The Bertz CT molecular complexity index is 569. The van der Waals surface area contributed by atoms with Gasteiger partial charge in [-0.2, -0.15) is 15.0 Å². The van der Waals surface area contributed by atoms with Crippen LogP contribution in [0.3, 0.4) is 0 Å². The van der Waals surface area contributed by atoms with Gasteiger partial charge in [0.05, 0.1) is 12.8 Å². The lowest BCUT2D eigenvalue weighted by atomic mass is 10.4. The lowest BCUT2D eigenvalue weighted by Gasteiger charge is -2.09. The fraction of sp³-hybridized carbons (Fsp3) is 0.615. The van der Waals surface area contributed by atoms with Gasteiger partial charge in [0.25, 0.3) is 0 Å². The van der Waals surface area contributed by atoms with Crippen LogP contribution in [-0.4, -0.2) is 43.1 Å². The first kappa shape index (κ1) is 15.1. The fourth-order valence-corrected chi connectivity index (χ4v) is 1.77. The molecule has 2 rings (SSSR count). The van der Waals surface area contributed by atoms with E-state index >= 15 is 0 Å². The number of nitrogens with one attached hydrogen (secondary N) is 1. The molecule has 0 aliphatic carbocycles. The predicted molar refractivity (Wildman–Crippen MR) is 79.1 cm³/mol. The Balaban J connectivity index is 2.36. The van der Waals surface area contributed by atoms with Crippen LogP contribution in [0.25, 0.3) is 11.5 Å². The van der Waals surface area contributed by atoms with Crippen molar-refractivity contribution in [1.29, 1.82) is 0 Å². The summed E-state index contributed by atoms with van der Waals surface area (Å²) in [4.78, 5) is 13.0. The minimum absolute atomic E-state index is 0.321. The summed E-state index contributed by atoms with van der Waals surface area (Å²) in [6, 6.07) is 0.321. The second-order valence-corrected chi connectivity index (χ2v) is 4.49. The van der Waals surface area contributed by atoms with Crippen molar-refractivity contribution in [2.75, 3.05) is 18.5 Å². The lowest BCUT2D eigenvalue weighted by molar-refractivity contribution is 0.292. The molecule has 0 fully saturated rings. The zero-order valence-corrected chi connectivity index (χ0v) is 12.7. The highest BCUT2D eigenvalue weighted by Gasteiger charge is 2.13. The van der Waals surface area contributed by atoms with Crippen LogP contribution in [0.4, 0.5) is 5.95 Å². The van der Waals surface area contributed by atoms with Gasteiger partial charge in [-0.1, -0.05) is 19.1 Å². The molecule has 0 aliphatic rings. The number of anilines is 1. The van der Waals surface area contributed by atoms with Crippen LogP contribution >= 0.6 is 0 Å². The SMILES string of the molecule is CCCOc1nc(NCC)nc(-c2cnnn2CCC)n1. The molecule has 0 spiro atoms. The molecular formula is C13H21N7O. The van der Waals surface area contributed by atoms with Gasteiger partial charge in [0, 0.05) is 13.1 Å². The Morgan fingerprint density at radius 3 is 2.71 bits per heavy atom. The van der Waals surface area contributed by atoms with Crippen LogP contribution in [0.5, 0.6) is 6.01 Å². The molecule has 0 atom stereocenters. The van der Waals surface area contributed by atoms with E-state index in [1.54, 1.807) is 10.9 Å². The molecule has 21 heavy (non-hydrogen) atoms. The minimum atomic E-state index is 0.321. The van der Waals surface area contributed by atoms with Crippen LogP contribution in [0.15, 0.2) is 6.20 Å². The average molecular weight is 291 g/mol. The zero-order valence-electron chi connectivity index (χ0n) is 12.7. The maximum absolute atomic E-state index is 5.53. The summed E-state index contributed by atoms with van der Waals surface area (Å²) in [5.41, 5.74) is 0.764. The Morgan fingerprint density at radius 2 is 2.00 bits per heavy atom. The molecular weight excluding hydrogens is 270 g/mol. The quantitative estimate of drug-likeness (QED) is 0.792. The van der Waals surface area contributed by atoms with Crippen molar-refractivity contribution in [1.82, 2.24) is 29.9 Å². The highest BCUT2D eigenvalue weighted by Crippen LogP contribution is 2.18. The second kappa shape index (κ2) is 7.51. The summed E-state index contributed by atoms with van der Waals surface area (Å²) < 4.78 is 7.31. The molecule has 2 heterocycles. The van der Waals surface area contributed by atoms with Gasteiger partial charge in [-0.15, -0.1) is 5.10 Å². The molecule has 1 N–H and O–H groups in total. The highest BCUT2D eigenvalue weighted by molar-refractivity contribution is 5.50. The normalized spacial score (nSPS) is 10.6. The van der Waals surface area contributed by atoms with Gasteiger partial charge in [0.2, 0.25) is 5.95 Å². The summed E-state index contributed by atoms with van der Waals surface area (Å²) in [5, 5.41) is 11.1. The molecule has 8 nitrogen and oxygen atoms in total. The van der Waals surface area contributed by atoms with Gasteiger partial charge in [-0.3, -0.25) is 0 Å². The van der Waals surface area contributed by atoms with Crippen LogP contribution in [0, 0.1) is 0 Å². The molecule has 2 aromatic rings. The molecule has 0 radical (unpaired) electrons. The van der Waals surface area contributed by atoms with Crippen molar-refractivity contribution in [3.05, 3.63) is 6.20 Å². The first-order valence-electron chi connectivity index (χ1n) is 7.30. The van der Waals surface area contributed by atoms with Gasteiger partial charge in [-0.25, -0.2) is 4.68 Å². The molecule has 0 bridgehead atoms. The van der Waals surface area contributed by atoms with Gasteiger partial charge in [0.15, 0.2) is 5.82 Å². The van der Waals surface area contributed by atoms with Crippen molar-refractivity contribution in [2.45, 2.75) is 40.2 Å². The van der Waals surface area contributed by atoms with Gasteiger partial charge < -0.3 is 10.1 Å². The number of hydrogen-bond donors (Lipinski definition) is 1. The molecule has 0 saturated heterocycles. The molecule has 0 amide bonds. The van der Waals surface area contributed by atoms with Crippen LogP contribution < -0.4 is 10.1 Å². The van der Waals surface area contributed by atoms with Crippen LogP contribution in [-0.2, 0) is 6.54 Å². The van der Waals surface area contributed by atoms with Crippen LogP contribution in [0.1, 0.15) is 33.6 Å². The molecule has 0 aliphatic heterocycles. The number of nitrogens with zero attached hydrogens (tertiary/aromatic N) is 6. The Kier molecular flexibility index (Phi) is 5.42. The number of rotatable bonds is 8. The van der Waals surface area contributed by atoms with Crippen molar-refractivity contribution >= 4 is 5.95 Å². The topological polar surface area (TPSA) is 90.6 Å². The Hall–Kier alpha value is -2.25. The van der Waals surface area contributed by atoms with Gasteiger partial charge >= 0.3 is 6.01 Å². The summed E-state index contributed by atoms with van der Waals surface area (Å²) in [6.45, 7) is 8.17.